The molecule has 0 saturated carbocycles. The maximum atomic E-state index is 12.6. The molecule has 1 aromatic carbocycles. The maximum absolute atomic E-state index is 12.6. The Bertz CT molecular complexity index is 916. The molecule has 4 rings (SSSR count). The number of carbonyl (C=O) groups excluding carboxylic acids is 1. The molecule has 2 saturated heterocycles. The van der Waals surface area contributed by atoms with Crippen LogP contribution >= 0.6 is 0 Å². The highest BCUT2D eigenvalue weighted by Gasteiger charge is 2.22. The van der Waals surface area contributed by atoms with E-state index in [1.807, 2.05) is 54.3 Å². The minimum absolute atomic E-state index is 0.0506. The normalized spacial score (nSPS) is 17.9. The van der Waals surface area contributed by atoms with Crippen molar-refractivity contribution in [3.8, 4) is 0 Å². The van der Waals surface area contributed by atoms with Crippen molar-refractivity contribution in [3.05, 3.63) is 53.6 Å². The van der Waals surface area contributed by atoms with E-state index in [0.29, 0.717) is 13.1 Å². The minimum atomic E-state index is 0.0506. The third-order valence-corrected chi connectivity index (χ3v) is 6.26. The lowest BCUT2D eigenvalue weighted by Crippen LogP contribution is -2.49. The number of aliphatic hydroxyl groups is 1. The molecule has 8 nitrogen and oxygen atoms in total. The first-order valence-electron chi connectivity index (χ1n) is 11.3. The average Bonchev–Trinajstić information content (AvgIpc) is 2.84. The quantitative estimate of drug-likeness (QED) is 0.684. The summed E-state index contributed by atoms with van der Waals surface area (Å²) in [5.41, 5.74) is 2.24. The Balaban J connectivity index is 1.27. The standard InChI is InChI=1S/C24H32N6O2/c1-20-4-2-3-5-21(20)6-9-24(32)30-16-14-29(15-17-30)23-8-7-22(25-26-23)28-12-10-27(11-13-28)18-19-31/h2-9,31H,10-19H2,1H3/b9-6+. The fraction of sp³-hybridized carbons (Fsp3) is 0.458. The van der Waals surface area contributed by atoms with Gasteiger partial charge < -0.3 is 19.8 Å². The number of carbonyl (C=O) groups is 1. The van der Waals surface area contributed by atoms with Gasteiger partial charge in [-0.15, -0.1) is 10.2 Å². The molecule has 0 aliphatic carbocycles. The number of rotatable bonds is 6. The molecule has 2 aliphatic rings. The topological polar surface area (TPSA) is 76.0 Å². The SMILES string of the molecule is Cc1ccccc1/C=C/C(=O)N1CCN(c2ccc(N3CCN(CCO)CC3)nn2)CC1. The lowest BCUT2D eigenvalue weighted by molar-refractivity contribution is -0.126. The van der Waals surface area contributed by atoms with Crippen molar-refractivity contribution < 1.29 is 9.90 Å². The highest BCUT2D eigenvalue weighted by molar-refractivity contribution is 5.92. The second kappa shape index (κ2) is 10.6. The fourth-order valence-corrected chi connectivity index (χ4v) is 4.19. The zero-order valence-electron chi connectivity index (χ0n) is 18.7. The van der Waals surface area contributed by atoms with Crippen molar-refractivity contribution in [2.45, 2.75) is 6.92 Å². The van der Waals surface area contributed by atoms with Crippen LogP contribution in [-0.2, 0) is 4.79 Å². The highest BCUT2D eigenvalue weighted by atomic mass is 16.3. The Morgan fingerprint density at radius 2 is 1.50 bits per heavy atom. The molecule has 0 spiro atoms. The number of hydrogen-bond acceptors (Lipinski definition) is 7. The first-order chi connectivity index (χ1) is 15.6. The number of piperazine rings is 2. The maximum Gasteiger partial charge on any atom is 0.246 e. The smallest absolute Gasteiger partial charge is 0.246 e. The third-order valence-electron chi connectivity index (χ3n) is 6.26. The summed E-state index contributed by atoms with van der Waals surface area (Å²) < 4.78 is 0. The Kier molecular flexibility index (Phi) is 7.34. The van der Waals surface area contributed by atoms with Crippen LogP contribution in [0, 0.1) is 6.92 Å². The van der Waals surface area contributed by atoms with Gasteiger partial charge in [0.15, 0.2) is 11.6 Å². The largest absolute Gasteiger partial charge is 0.395 e. The Hall–Kier alpha value is -2.97. The molecule has 0 atom stereocenters. The van der Waals surface area contributed by atoms with Gasteiger partial charge in [0, 0.05) is 65.0 Å². The molecule has 0 bridgehead atoms. The molecule has 0 unspecified atom stereocenters. The highest BCUT2D eigenvalue weighted by Crippen LogP contribution is 2.18. The van der Waals surface area contributed by atoms with Crippen molar-refractivity contribution >= 4 is 23.6 Å². The molecule has 170 valence electrons. The van der Waals surface area contributed by atoms with Gasteiger partial charge in [-0.05, 0) is 36.3 Å². The van der Waals surface area contributed by atoms with Crippen molar-refractivity contribution in [2.24, 2.45) is 0 Å². The first-order valence-corrected chi connectivity index (χ1v) is 11.3. The summed E-state index contributed by atoms with van der Waals surface area (Å²) >= 11 is 0. The Morgan fingerprint density at radius 3 is 2.06 bits per heavy atom. The molecule has 3 heterocycles. The van der Waals surface area contributed by atoms with Crippen molar-refractivity contribution in [1.82, 2.24) is 20.0 Å². The predicted octanol–water partition coefficient (Wildman–Crippen LogP) is 1.26. The van der Waals surface area contributed by atoms with E-state index >= 15 is 0 Å². The number of aromatic nitrogens is 2. The van der Waals surface area contributed by atoms with E-state index in [2.05, 4.69) is 24.9 Å². The molecule has 1 N–H and O–H groups in total. The third kappa shape index (κ3) is 5.44. The number of amides is 1. The Morgan fingerprint density at radius 1 is 0.906 bits per heavy atom. The number of benzene rings is 1. The van der Waals surface area contributed by atoms with Crippen LogP contribution in [0.3, 0.4) is 0 Å². The number of aliphatic hydroxyl groups excluding tert-OH is 1. The number of anilines is 2. The van der Waals surface area contributed by atoms with Crippen LogP contribution < -0.4 is 9.80 Å². The number of nitrogens with zero attached hydrogens (tertiary/aromatic N) is 6. The molecule has 1 aromatic heterocycles. The van der Waals surface area contributed by atoms with Crippen molar-refractivity contribution in [3.63, 3.8) is 0 Å². The van der Waals surface area contributed by atoms with Gasteiger partial charge in [-0.1, -0.05) is 24.3 Å². The summed E-state index contributed by atoms with van der Waals surface area (Å²) in [6.45, 7) is 9.47. The van der Waals surface area contributed by atoms with Gasteiger partial charge in [0.05, 0.1) is 6.61 Å². The monoisotopic (exact) mass is 436 g/mol. The van der Waals surface area contributed by atoms with E-state index in [9.17, 15) is 4.79 Å². The van der Waals surface area contributed by atoms with Crippen molar-refractivity contribution in [1.29, 1.82) is 0 Å². The molecular formula is C24H32N6O2. The summed E-state index contributed by atoms with van der Waals surface area (Å²) in [4.78, 5) is 21.2. The van der Waals surface area contributed by atoms with E-state index in [-0.39, 0.29) is 12.5 Å². The minimum Gasteiger partial charge on any atom is -0.395 e. The van der Waals surface area contributed by atoms with Gasteiger partial charge in [0.1, 0.15) is 0 Å². The summed E-state index contributed by atoms with van der Waals surface area (Å²) in [6, 6.07) is 12.1. The lowest BCUT2D eigenvalue weighted by Gasteiger charge is -2.36. The molecule has 2 fully saturated rings. The predicted molar refractivity (Wildman–Crippen MR) is 127 cm³/mol. The van der Waals surface area contributed by atoms with E-state index in [1.54, 1.807) is 6.08 Å². The van der Waals surface area contributed by atoms with Gasteiger partial charge in [-0.2, -0.15) is 0 Å². The van der Waals surface area contributed by atoms with Crippen LogP contribution in [0.15, 0.2) is 42.5 Å². The van der Waals surface area contributed by atoms with Crippen LogP contribution in [0.2, 0.25) is 0 Å². The number of β-amino-alcohol motifs (C(OH)–C–C–N with tert-alkyl or cyclic N) is 1. The number of aryl methyl sites for hydroxylation is 1. The van der Waals surface area contributed by atoms with Gasteiger partial charge in [-0.3, -0.25) is 9.69 Å². The van der Waals surface area contributed by atoms with E-state index in [0.717, 1.165) is 68.6 Å². The van der Waals surface area contributed by atoms with Crippen LogP contribution in [0.25, 0.3) is 6.08 Å². The molecule has 1 amide bonds. The van der Waals surface area contributed by atoms with E-state index < -0.39 is 0 Å². The molecule has 2 aliphatic heterocycles. The summed E-state index contributed by atoms with van der Waals surface area (Å²) in [6.07, 6.45) is 3.57. The summed E-state index contributed by atoms with van der Waals surface area (Å²) in [5, 5.41) is 18.0. The fourth-order valence-electron chi connectivity index (χ4n) is 4.19. The second-order valence-electron chi connectivity index (χ2n) is 8.30. The zero-order valence-corrected chi connectivity index (χ0v) is 18.7. The van der Waals surface area contributed by atoms with Crippen molar-refractivity contribution in [2.75, 3.05) is 75.3 Å². The molecular weight excluding hydrogens is 404 g/mol. The summed E-state index contributed by atoms with van der Waals surface area (Å²) in [7, 11) is 0. The average molecular weight is 437 g/mol. The van der Waals surface area contributed by atoms with Crippen LogP contribution in [0.1, 0.15) is 11.1 Å². The lowest BCUT2D eigenvalue weighted by atomic mass is 10.1. The van der Waals surface area contributed by atoms with Crippen LogP contribution in [0.4, 0.5) is 11.6 Å². The zero-order chi connectivity index (χ0) is 22.3. The van der Waals surface area contributed by atoms with Crippen LogP contribution in [0.5, 0.6) is 0 Å². The number of hydrogen-bond donors (Lipinski definition) is 1. The summed E-state index contributed by atoms with van der Waals surface area (Å²) in [5.74, 6) is 1.80. The van der Waals surface area contributed by atoms with Crippen LogP contribution in [-0.4, -0.2) is 96.5 Å². The van der Waals surface area contributed by atoms with E-state index in [1.165, 1.54) is 0 Å². The first kappa shape index (κ1) is 22.2. The molecule has 2 aromatic rings. The second-order valence-corrected chi connectivity index (χ2v) is 8.30. The Labute approximate surface area is 189 Å². The van der Waals surface area contributed by atoms with E-state index in [4.69, 9.17) is 5.11 Å². The van der Waals surface area contributed by atoms with Gasteiger partial charge in [0.2, 0.25) is 5.91 Å². The van der Waals surface area contributed by atoms with Gasteiger partial charge >= 0.3 is 0 Å². The molecule has 32 heavy (non-hydrogen) atoms. The molecule has 0 radical (unpaired) electrons. The van der Waals surface area contributed by atoms with Gasteiger partial charge in [-0.25, -0.2) is 0 Å². The molecule has 8 heteroatoms. The van der Waals surface area contributed by atoms with Gasteiger partial charge in [0.25, 0.3) is 0 Å².